The number of hydrogen-bond donors (Lipinski definition) is 1. The first-order chi connectivity index (χ1) is 7.74. The molecule has 0 amide bonds. The zero-order valence-corrected chi connectivity index (χ0v) is 11.4. The van der Waals surface area contributed by atoms with Crippen LogP contribution in [0.1, 0.15) is 78.1 Å². The van der Waals surface area contributed by atoms with Gasteiger partial charge in [0.1, 0.15) is 0 Å². The lowest BCUT2D eigenvalue weighted by Crippen LogP contribution is -2.28. The first-order valence-electron chi connectivity index (χ1n) is 7.49. The molecule has 1 aliphatic carbocycles. The van der Waals surface area contributed by atoms with Crippen LogP contribution >= 0.6 is 0 Å². The molecule has 1 saturated carbocycles. The van der Waals surface area contributed by atoms with E-state index in [1.54, 1.807) is 0 Å². The minimum absolute atomic E-state index is 0.496. The smallest absolute Gasteiger partial charge is 0.00672 e. The maximum atomic E-state index is 6.28. The first-order valence-corrected chi connectivity index (χ1v) is 7.49. The van der Waals surface area contributed by atoms with Crippen molar-refractivity contribution in [2.24, 2.45) is 17.6 Å². The van der Waals surface area contributed by atoms with Gasteiger partial charge in [-0.05, 0) is 31.1 Å². The number of hydrogen-bond acceptors (Lipinski definition) is 1. The Kier molecular flexibility index (Phi) is 7.11. The maximum Gasteiger partial charge on any atom is 0.00672 e. The molecule has 16 heavy (non-hydrogen) atoms. The number of nitrogens with two attached hydrogens (primary N) is 1. The normalized spacial score (nSPS) is 27.2. The van der Waals surface area contributed by atoms with E-state index in [-0.39, 0.29) is 0 Å². The molecule has 0 aromatic rings. The third-order valence-corrected chi connectivity index (χ3v) is 4.23. The van der Waals surface area contributed by atoms with Crippen molar-refractivity contribution in [3.05, 3.63) is 0 Å². The Bertz CT molecular complexity index is 167. The maximum absolute atomic E-state index is 6.28. The molecule has 2 N–H and O–H groups in total. The fourth-order valence-electron chi connectivity index (χ4n) is 3.04. The number of rotatable bonds is 8. The zero-order chi connectivity index (χ0) is 11.8. The molecular formula is C15H31N. The van der Waals surface area contributed by atoms with Gasteiger partial charge in [-0.25, -0.2) is 0 Å². The second-order valence-corrected chi connectivity index (χ2v) is 5.90. The van der Waals surface area contributed by atoms with Crippen molar-refractivity contribution in [1.29, 1.82) is 0 Å². The van der Waals surface area contributed by atoms with Crippen molar-refractivity contribution in [3.8, 4) is 0 Å². The van der Waals surface area contributed by atoms with Crippen LogP contribution in [0.4, 0.5) is 0 Å². The molecule has 3 unspecified atom stereocenters. The van der Waals surface area contributed by atoms with E-state index in [0.29, 0.717) is 6.04 Å². The van der Waals surface area contributed by atoms with Gasteiger partial charge in [-0.2, -0.15) is 0 Å². The predicted octanol–water partition coefficient (Wildman–Crippen LogP) is 4.50. The van der Waals surface area contributed by atoms with Gasteiger partial charge in [0, 0.05) is 6.04 Å². The van der Waals surface area contributed by atoms with E-state index in [4.69, 9.17) is 5.73 Å². The van der Waals surface area contributed by atoms with Crippen LogP contribution < -0.4 is 5.73 Å². The van der Waals surface area contributed by atoms with Crippen LogP contribution in [0.3, 0.4) is 0 Å². The molecule has 1 heteroatoms. The van der Waals surface area contributed by atoms with Crippen LogP contribution in [0.25, 0.3) is 0 Å². The summed E-state index contributed by atoms with van der Waals surface area (Å²) in [6, 6.07) is 0.496. The topological polar surface area (TPSA) is 26.0 Å². The summed E-state index contributed by atoms with van der Waals surface area (Å²) in [5.41, 5.74) is 6.28. The lowest BCUT2D eigenvalue weighted by Gasteiger charge is -2.18. The Hall–Kier alpha value is -0.0400. The van der Waals surface area contributed by atoms with Crippen LogP contribution in [0.15, 0.2) is 0 Å². The van der Waals surface area contributed by atoms with E-state index in [9.17, 15) is 0 Å². The molecule has 1 aliphatic rings. The summed E-state index contributed by atoms with van der Waals surface area (Å²) >= 11 is 0. The van der Waals surface area contributed by atoms with Gasteiger partial charge in [0.15, 0.2) is 0 Å². The van der Waals surface area contributed by atoms with E-state index in [0.717, 1.165) is 11.8 Å². The highest BCUT2D eigenvalue weighted by molar-refractivity contribution is 4.80. The molecule has 0 heterocycles. The van der Waals surface area contributed by atoms with Crippen LogP contribution in [-0.4, -0.2) is 6.04 Å². The molecule has 0 saturated heterocycles. The van der Waals surface area contributed by atoms with Gasteiger partial charge in [0.05, 0.1) is 0 Å². The molecule has 3 atom stereocenters. The fraction of sp³-hybridized carbons (Fsp3) is 1.00. The lowest BCUT2D eigenvalue weighted by molar-refractivity contribution is 0.384. The molecule has 0 aromatic heterocycles. The summed E-state index contributed by atoms with van der Waals surface area (Å²) in [5, 5.41) is 0. The highest BCUT2D eigenvalue weighted by atomic mass is 14.7. The SMILES string of the molecule is CCCCCCCCC(N)C1CCC(C)C1. The van der Waals surface area contributed by atoms with Gasteiger partial charge >= 0.3 is 0 Å². The van der Waals surface area contributed by atoms with Crippen molar-refractivity contribution in [1.82, 2.24) is 0 Å². The summed E-state index contributed by atoms with van der Waals surface area (Å²) in [6.45, 7) is 4.65. The molecular weight excluding hydrogens is 194 g/mol. The predicted molar refractivity (Wildman–Crippen MR) is 72.5 cm³/mol. The molecule has 1 nitrogen and oxygen atoms in total. The van der Waals surface area contributed by atoms with Crippen LogP contribution in [0, 0.1) is 11.8 Å². The Morgan fingerprint density at radius 3 is 2.38 bits per heavy atom. The van der Waals surface area contributed by atoms with Crippen LogP contribution in [0.5, 0.6) is 0 Å². The quantitative estimate of drug-likeness (QED) is 0.605. The minimum atomic E-state index is 0.496. The van der Waals surface area contributed by atoms with E-state index in [1.165, 1.54) is 64.2 Å². The second kappa shape index (κ2) is 8.11. The first kappa shape index (κ1) is 14.0. The molecule has 1 fully saturated rings. The summed E-state index contributed by atoms with van der Waals surface area (Å²) in [6.07, 6.45) is 13.8. The fourth-order valence-corrected chi connectivity index (χ4v) is 3.04. The molecule has 0 bridgehead atoms. The van der Waals surface area contributed by atoms with Gasteiger partial charge in [-0.3, -0.25) is 0 Å². The zero-order valence-electron chi connectivity index (χ0n) is 11.4. The standard InChI is InChI=1S/C15H31N/c1-3-4-5-6-7-8-9-15(16)14-11-10-13(2)12-14/h13-15H,3-12,16H2,1-2H3. The summed E-state index contributed by atoms with van der Waals surface area (Å²) in [5.74, 6) is 1.77. The van der Waals surface area contributed by atoms with Gasteiger partial charge in [-0.15, -0.1) is 0 Å². The number of unbranched alkanes of at least 4 members (excludes halogenated alkanes) is 5. The largest absolute Gasteiger partial charge is 0.327 e. The Balaban J connectivity index is 1.96. The van der Waals surface area contributed by atoms with Crippen LogP contribution in [0.2, 0.25) is 0 Å². The van der Waals surface area contributed by atoms with Crippen molar-refractivity contribution in [2.45, 2.75) is 84.1 Å². The lowest BCUT2D eigenvalue weighted by atomic mass is 9.93. The third kappa shape index (κ3) is 5.34. The minimum Gasteiger partial charge on any atom is -0.327 e. The van der Waals surface area contributed by atoms with Gasteiger partial charge < -0.3 is 5.73 Å². The van der Waals surface area contributed by atoms with Gasteiger partial charge in [0.25, 0.3) is 0 Å². The average molecular weight is 225 g/mol. The highest BCUT2D eigenvalue weighted by Crippen LogP contribution is 2.33. The molecule has 0 radical (unpaired) electrons. The van der Waals surface area contributed by atoms with Gasteiger partial charge in [-0.1, -0.05) is 58.8 Å². The Morgan fingerprint density at radius 1 is 1.06 bits per heavy atom. The molecule has 0 aromatic carbocycles. The monoisotopic (exact) mass is 225 g/mol. The van der Waals surface area contributed by atoms with E-state index in [1.807, 2.05) is 0 Å². The van der Waals surface area contributed by atoms with Crippen LogP contribution in [-0.2, 0) is 0 Å². The Labute approximate surface area is 102 Å². The summed E-state index contributed by atoms with van der Waals surface area (Å²) in [4.78, 5) is 0. The average Bonchev–Trinajstić information content (AvgIpc) is 2.70. The van der Waals surface area contributed by atoms with Crippen molar-refractivity contribution < 1.29 is 0 Å². The summed E-state index contributed by atoms with van der Waals surface area (Å²) < 4.78 is 0. The van der Waals surface area contributed by atoms with E-state index >= 15 is 0 Å². The molecule has 0 aliphatic heterocycles. The van der Waals surface area contributed by atoms with Crippen molar-refractivity contribution in [2.75, 3.05) is 0 Å². The Morgan fingerprint density at radius 2 is 1.75 bits per heavy atom. The molecule has 0 spiro atoms. The van der Waals surface area contributed by atoms with Crippen molar-refractivity contribution >= 4 is 0 Å². The highest BCUT2D eigenvalue weighted by Gasteiger charge is 2.25. The van der Waals surface area contributed by atoms with E-state index in [2.05, 4.69) is 13.8 Å². The molecule has 1 rings (SSSR count). The van der Waals surface area contributed by atoms with Crippen molar-refractivity contribution in [3.63, 3.8) is 0 Å². The van der Waals surface area contributed by atoms with Gasteiger partial charge in [0.2, 0.25) is 0 Å². The second-order valence-electron chi connectivity index (χ2n) is 5.90. The molecule has 96 valence electrons. The van der Waals surface area contributed by atoms with E-state index < -0.39 is 0 Å². The third-order valence-electron chi connectivity index (χ3n) is 4.23. The summed E-state index contributed by atoms with van der Waals surface area (Å²) in [7, 11) is 0.